The van der Waals surface area contributed by atoms with Crippen molar-refractivity contribution in [1.29, 1.82) is 0 Å². The predicted molar refractivity (Wildman–Crippen MR) is 97.6 cm³/mol. The first-order chi connectivity index (χ1) is 11.9. The number of urea groups is 1. The van der Waals surface area contributed by atoms with Crippen LogP contribution in [-0.4, -0.2) is 18.5 Å². The lowest BCUT2D eigenvalue weighted by molar-refractivity contribution is -0.118. The number of benzene rings is 2. The zero-order valence-electron chi connectivity index (χ0n) is 13.2. The summed E-state index contributed by atoms with van der Waals surface area (Å²) in [7, 11) is 0. The Kier molecular flexibility index (Phi) is 5.01. The SMILES string of the molecule is CC(NC(=O)Nc1ccc2c(c1)OCC(=O)N2)c1ccc(Cl)cc1Cl. The monoisotopic (exact) mass is 379 g/mol. The normalized spacial score (nSPS) is 14.0. The van der Waals surface area contributed by atoms with E-state index in [0.717, 1.165) is 5.56 Å². The van der Waals surface area contributed by atoms with Crippen LogP contribution in [0, 0.1) is 0 Å². The molecule has 3 rings (SSSR count). The van der Waals surface area contributed by atoms with Crippen LogP contribution in [0.4, 0.5) is 16.2 Å². The summed E-state index contributed by atoms with van der Waals surface area (Å²) in [5.41, 5.74) is 1.88. The van der Waals surface area contributed by atoms with Crippen LogP contribution in [-0.2, 0) is 4.79 Å². The third-order valence-corrected chi connectivity index (χ3v) is 4.21. The van der Waals surface area contributed by atoms with E-state index in [2.05, 4.69) is 16.0 Å². The maximum absolute atomic E-state index is 12.2. The molecule has 1 aliphatic rings. The number of hydrogen-bond acceptors (Lipinski definition) is 3. The lowest BCUT2D eigenvalue weighted by Crippen LogP contribution is -2.31. The van der Waals surface area contributed by atoms with Gasteiger partial charge in [-0.25, -0.2) is 4.79 Å². The highest BCUT2D eigenvalue weighted by atomic mass is 35.5. The van der Waals surface area contributed by atoms with Crippen molar-refractivity contribution in [1.82, 2.24) is 5.32 Å². The van der Waals surface area contributed by atoms with Gasteiger partial charge in [0.05, 0.1) is 11.7 Å². The molecule has 0 fully saturated rings. The van der Waals surface area contributed by atoms with Crippen molar-refractivity contribution in [3.63, 3.8) is 0 Å². The molecule has 0 bridgehead atoms. The van der Waals surface area contributed by atoms with Crippen LogP contribution in [0.2, 0.25) is 10.0 Å². The molecule has 0 aliphatic carbocycles. The minimum atomic E-state index is -0.390. The lowest BCUT2D eigenvalue weighted by atomic mass is 10.1. The van der Waals surface area contributed by atoms with Crippen LogP contribution in [0.5, 0.6) is 5.75 Å². The number of rotatable bonds is 3. The summed E-state index contributed by atoms with van der Waals surface area (Å²) in [6.07, 6.45) is 0. The van der Waals surface area contributed by atoms with Gasteiger partial charge in [-0.05, 0) is 36.8 Å². The molecule has 0 radical (unpaired) electrons. The molecule has 3 amide bonds. The molecule has 1 aliphatic heterocycles. The molecule has 2 aromatic carbocycles. The Morgan fingerprint density at radius 2 is 2.04 bits per heavy atom. The van der Waals surface area contributed by atoms with Gasteiger partial charge in [0.15, 0.2) is 6.61 Å². The maximum Gasteiger partial charge on any atom is 0.319 e. The molecule has 130 valence electrons. The minimum absolute atomic E-state index is 0.0469. The number of amides is 3. The van der Waals surface area contributed by atoms with E-state index in [9.17, 15) is 9.59 Å². The molecule has 0 spiro atoms. The van der Waals surface area contributed by atoms with Crippen molar-refractivity contribution >= 4 is 46.5 Å². The van der Waals surface area contributed by atoms with Gasteiger partial charge in [-0.2, -0.15) is 0 Å². The Bertz CT molecular complexity index is 842. The molecular formula is C17H15Cl2N3O3. The number of carbonyl (C=O) groups excluding carboxylic acids is 2. The van der Waals surface area contributed by atoms with Gasteiger partial charge in [0.1, 0.15) is 5.75 Å². The van der Waals surface area contributed by atoms with Crippen LogP contribution < -0.4 is 20.7 Å². The molecule has 3 N–H and O–H groups in total. The van der Waals surface area contributed by atoms with Gasteiger partial charge in [0.25, 0.3) is 5.91 Å². The summed E-state index contributed by atoms with van der Waals surface area (Å²) < 4.78 is 5.32. The fourth-order valence-electron chi connectivity index (χ4n) is 2.45. The van der Waals surface area contributed by atoms with Crippen LogP contribution in [0.25, 0.3) is 0 Å². The number of hydrogen-bond donors (Lipinski definition) is 3. The fourth-order valence-corrected chi connectivity index (χ4v) is 3.02. The molecule has 1 unspecified atom stereocenters. The van der Waals surface area contributed by atoms with Crippen LogP contribution in [0.15, 0.2) is 36.4 Å². The molecular weight excluding hydrogens is 365 g/mol. The Balaban J connectivity index is 1.65. The van der Waals surface area contributed by atoms with E-state index in [1.165, 1.54) is 0 Å². The Morgan fingerprint density at radius 1 is 1.24 bits per heavy atom. The highest BCUT2D eigenvalue weighted by Gasteiger charge is 2.17. The molecule has 6 nitrogen and oxygen atoms in total. The molecule has 0 aromatic heterocycles. The predicted octanol–water partition coefficient (Wildman–Crippen LogP) is 4.21. The largest absolute Gasteiger partial charge is 0.482 e. The number of ether oxygens (including phenoxy) is 1. The van der Waals surface area contributed by atoms with E-state index in [4.69, 9.17) is 27.9 Å². The number of anilines is 2. The van der Waals surface area contributed by atoms with Gasteiger partial charge < -0.3 is 20.7 Å². The Labute approximate surface area is 154 Å². The topological polar surface area (TPSA) is 79.5 Å². The molecule has 1 atom stereocenters. The first-order valence-corrected chi connectivity index (χ1v) is 8.27. The van der Waals surface area contributed by atoms with Crippen molar-refractivity contribution < 1.29 is 14.3 Å². The number of fused-ring (bicyclic) bond motifs is 1. The van der Waals surface area contributed by atoms with Crippen molar-refractivity contribution in [2.75, 3.05) is 17.2 Å². The summed E-state index contributed by atoms with van der Waals surface area (Å²) in [6.45, 7) is 1.77. The quantitative estimate of drug-likeness (QED) is 0.747. The van der Waals surface area contributed by atoms with Gasteiger partial charge in [-0.15, -0.1) is 0 Å². The second-order valence-corrected chi connectivity index (χ2v) is 6.38. The van der Waals surface area contributed by atoms with Crippen LogP contribution in [0.3, 0.4) is 0 Å². The molecule has 8 heteroatoms. The third-order valence-electron chi connectivity index (χ3n) is 3.65. The first kappa shape index (κ1) is 17.4. The molecule has 0 saturated carbocycles. The highest BCUT2D eigenvalue weighted by molar-refractivity contribution is 6.35. The van der Waals surface area contributed by atoms with E-state index in [0.29, 0.717) is 27.2 Å². The van der Waals surface area contributed by atoms with Gasteiger partial charge in [-0.1, -0.05) is 29.3 Å². The molecule has 25 heavy (non-hydrogen) atoms. The van der Waals surface area contributed by atoms with Gasteiger partial charge in [0, 0.05) is 21.8 Å². The smallest absolute Gasteiger partial charge is 0.319 e. The summed E-state index contributed by atoms with van der Waals surface area (Å²) in [4.78, 5) is 23.5. The molecule has 2 aromatic rings. The summed E-state index contributed by atoms with van der Waals surface area (Å²) in [6, 6.07) is 9.40. The van der Waals surface area contributed by atoms with E-state index in [1.807, 2.05) is 6.92 Å². The minimum Gasteiger partial charge on any atom is -0.482 e. The average molecular weight is 380 g/mol. The summed E-state index contributed by atoms with van der Waals surface area (Å²) in [5, 5.41) is 9.23. The molecule has 0 saturated heterocycles. The van der Waals surface area contributed by atoms with Crippen molar-refractivity contribution in [3.8, 4) is 5.75 Å². The number of carbonyl (C=O) groups is 2. The second-order valence-electron chi connectivity index (χ2n) is 5.53. The van der Waals surface area contributed by atoms with Crippen molar-refractivity contribution in [2.24, 2.45) is 0 Å². The first-order valence-electron chi connectivity index (χ1n) is 7.51. The Hall–Kier alpha value is -2.44. The highest BCUT2D eigenvalue weighted by Crippen LogP contribution is 2.31. The van der Waals surface area contributed by atoms with Crippen LogP contribution >= 0.6 is 23.2 Å². The van der Waals surface area contributed by atoms with E-state index < -0.39 is 6.03 Å². The van der Waals surface area contributed by atoms with Crippen molar-refractivity contribution in [2.45, 2.75) is 13.0 Å². The summed E-state index contributed by atoms with van der Waals surface area (Å²) >= 11 is 12.0. The van der Waals surface area contributed by atoms with E-state index in [1.54, 1.807) is 36.4 Å². The zero-order valence-corrected chi connectivity index (χ0v) is 14.7. The standard InChI is InChI=1S/C17H15Cl2N3O3/c1-9(12-4-2-10(18)6-13(12)19)20-17(24)21-11-3-5-14-15(7-11)25-8-16(23)22-14/h2-7,9H,8H2,1H3,(H,22,23)(H2,20,21,24). The average Bonchev–Trinajstić information content (AvgIpc) is 2.54. The molecule has 1 heterocycles. The van der Waals surface area contributed by atoms with E-state index in [-0.39, 0.29) is 18.6 Å². The second kappa shape index (κ2) is 7.21. The fraction of sp³-hybridized carbons (Fsp3) is 0.176. The number of nitrogens with one attached hydrogen (secondary N) is 3. The Morgan fingerprint density at radius 3 is 2.80 bits per heavy atom. The summed E-state index contributed by atoms with van der Waals surface area (Å²) in [5.74, 6) is 0.297. The zero-order chi connectivity index (χ0) is 18.0. The van der Waals surface area contributed by atoms with Gasteiger partial charge in [0.2, 0.25) is 0 Å². The van der Waals surface area contributed by atoms with E-state index >= 15 is 0 Å². The van der Waals surface area contributed by atoms with Crippen molar-refractivity contribution in [3.05, 3.63) is 52.0 Å². The van der Waals surface area contributed by atoms with Gasteiger partial charge >= 0.3 is 6.03 Å². The maximum atomic E-state index is 12.2. The van der Waals surface area contributed by atoms with Crippen LogP contribution in [0.1, 0.15) is 18.5 Å². The van der Waals surface area contributed by atoms with Gasteiger partial charge in [-0.3, -0.25) is 4.79 Å². The number of halogens is 2. The third kappa shape index (κ3) is 4.15. The lowest BCUT2D eigenvalue weighted by Gasteiger charge is -2.19.